The fourth-order valence-electron chi connectivity index (χ4n) is 1.28. The number of carboxylic acids is 1. The van der Waals surface area contributed by atoms with E-state index in [0.717, 1.165) is 24.3 Å². The van der Waals surface area contributed by atoms with E-state index in [1.807, 2.05) is 0 Å². The Morgan fingerprint density at radius 2 is 2.42 bits per heavy atom. The van der Waals surface area contributed by atoms with E-state index in [9.17, 15) is 4.79 Å². The molecule has 0 radical (unpaired) electrons. The number of hydrogen-bond acceptors (Lipinski definition) is 3. The molecule has 0 bridgehead atoms. The zero-order chi connectivity index (χ0) is 8.55. The van der Waals surface area contributed by atoms with Crippen LogP contribution < -0.4 is 5.32 Å². The number of carboxylic acid groups (broad SMARTS) is 1. The summed E-state index contributed by atoms with van der Waals surface area (Å²) < 4.78 is 0. The standard InChI is InChI=1S/C8H8N2O2/c11-8(12)6-1-5-2-9-4-7(5)10-3-6/h1,3,9H,2,4H2,(H,11,12). The zero-order valence-corrected chi connectivity index (χ0v) is 6.37. The van der Waals surface area contributed by atoms with Crippen molar-refractivity contribution in [3.8, 4) is 0 Å². The lowest BCUT2D eigenvalue weighted by Gasteiger charge is -1.97. The Hall–Kier alpha value is -1.42. The maximum absolute atomic E-state index is 10.5. The van der Waals surface area contributed by atoms with E-state index in [1.54, 1.807) is 6.07 Å². The second-order valence-electron chi connectivity index (χ2n) is 2.74. The van der Waals surface area contributed by atoms with Crippen LogP contribution in [-0.4, -0.2) is 16.1 Å². The van der Waals surface area contributed by atoms with Gasteiger partial charge >= 0.3 is 5.97 Å². The average Bonchev–Trinajstić information content (AvgIpc) is 2.49. The number of aromatic nitrogens is 1. The number of pyridine rings is 1. The molecule has 12 heavy (non-hydrogen) atoms. The second kappa shape index (κ2) is 2.57. The van der Waals surface area contributed by atoms with Crippen molar-refractivity contribution in [1.29, 1.82) is 0 Å². The molecule has 4 heteroatoms. The van der Waals surface area contributed by atoms with Crippen LogP contribution in [0.2, 0.25) is 0 Å². The van der Waals surface area contributed by atoms with Gasteiger partial charge in [-0.25, -0.2) is 4.79 Å². The van der Waals surface area contributed by atoms with Crippen molar-refractivity contribution in [3.05, 3.63) is 29.1 Å². The van der Waals surface area contributed by atoms with Crippen molar-refractivity contribution >= 4 is 5.97 Å². The lowest BCUT2D eigenvalue weighted by atomic mass is 10.2. The molecule has 0 saturated heterocycles. The quantitative estimate of drug-likeness (QED) is 0.630. The number of nitrogens with one attached hydrogen (secondary N) is 1. The Bertz CT molecular complexity index is 336. The summed E-state index contributed by atoms with van der Waals surface area (Å²) in [7, 11) is 0. The van der Waals surface area contributed by atoms with Crippen molar-refractivity contribution in [1.82, 2.24) is 10.3 Å². The molecule has 0 fully saturated rings. The molecule has 2 rings (SSSR count). The molecule has 0 saturated carbocycles. The fourth-order valence-corrected chi connectivity index (χ4v) is 1.28. The number of nitrogens with zero attached hydrogens (tertiary/aromatic N) is 1. The molecule has 62 valence electrons. The molecule has 0 spiro atoms. The number of carbonyl (C=O) groups is 1. The lowest BCUT2D eigenvalue weighted by molar-refractivity contribution is 0.0696. The lowest BCUT2D eigenvalue weighted by Crippen LogP contribution is -2.00. The first-order valence-electron chi connectivity index (χ1n) is 3.69. The SMILES string of the molecule is O=C(O)c1cnc2c(c1)CNC2. The van der Waals surface area contributed by atoms with E-state index >= 15 is 0 Å². The van der Waals surface area contributed by atoms with Gasteiger partial charge < -0.3 is 10.4 Å². The molecule has 0 atom stereocenters. The molecule has 1 aliphatic rings. The Kier molecular flexibility index (Phi) is 1.55. The molecule has 0 unspecified atom stereocenters. The summed E-state index contributed by atoms with van der Waals surface area (Å²) in [5.41, 5.74) is 2.22. The van der Waals surface area contributed by atoms with Crippen molar-refractivity contribution < 1.29 is 9.90 Å². The third-order valence-corrected chi connectivity index (χ3v) is 1.91. The van der Waals surface area contributed by atoms with E-state index < -0.39 is 5.97 Å². The van der Waals surface area contributed by atoms with Gasteiger partial charge in [-0.1, -0.05) is 0 Å². The van der Waals surface area contributed by atoms with Crippen LogP contribution >= 0.6 is 0 Å². The Labute approximate surface area is 69.2 Å². The smallest absolute Gasteiger partial charge is 0.337 e. The predicted molar refractivity (Wildman–Crippen MR) is 41.7 cm³/mol. The fraction of sp³-hybridized carbons (Fsp3) is 0.250. The van der Waals surface area contributed by atoms with Crippen molar-refractivity contribution in [2.45, 2.75) is 13.1 Å². The molecule has 1 aromatic rings. The third kappa shape index (κ3) is 1.06. The first kappa shape index (κ1) is 7.24. The zero-order valence-electron chi connectivity index (χ0n) is 6.37. The molecule has 0 amide bonds. The summed E-state index contributed by atoms with van der Waals surface area (Å²) in [5, 5.41) is 11.8. The van der Waals surface area contributed by atoms with Crippen LogP contribution in [0.5, 0.6) is 0 Å². The van der Waals surface area contributed by atoms with Gasteiger partial charge in [-0.15, -0.1) is 0 Å². The van der Waals surface area contributed by atoms with Crippen molar-refractivity contribution in [3.63, 3.8) is 0 Å². The van der Waals surface area contributed by atoms with Crippen LogP contribution in [0, 0.1) is 0 Å². The van der Waals surface area contributed by atoms with Crippen molar-refractivity contribution in [2.24, 2.45) is 0 Å². The van der Waals surface area contributed by atoms with Crippen LogP contribution in [-0.2, 0) is 13.1 Å². The number of fused-ring (bicyclic) bond motifs is 1. The second-order valence-corrected chi connectivity index (χ2v) is 2.74. The van der Waals surface area contributed by atoms with E-state index in [1.165, 1.54) is 6.20 Å². The molecule has 0 aliphatic carbocycles. The van der Waals surface area contributed by atoms with Gasteiger partial charge in [0.2, 0.25) is 0 Å². The van der Waals surface area contributed by atoms with Crippen LogP contribution in [0.3, 0.4) is 0 Å². The van der Waals surface area contributed by atoms with Gasteiger partial charge in [-0.3, -0.25) is 4.98 Å². The van der Waals surface area contributed by atoms with E-state index in [4.69, 9.17) is 5.11 Å². The van der Waals surface area contributed by atoms with Gasteiger partial charge in [0.05, 0.1) is 11.3 Å². The largest absolute Gasteiger partial charge is 0.478 e. The number of hydrogen-bond donors (Lipinski definition) is 2. The van der Waals surface area contributed by atoms with Crippen LogP contribution in [0.4, 0.5) is 0 Å². The highest BCUT2D eigenvalue weighted by Crippen LogP contribution is 2.13. The highest BCUT2D eigenvalue weighted by Gasteiger charge is 2.13. The number of aromatic carboxylic acids is 1. The molecule has 4 nitrogen and oxygen atoms in total. The minimum Gasteiger partial charge on any atom is -0.478 e. The Balaban J connectivity index is 2.45. The van der Waals surface area contributed by atoms with E-state index in [0.29, 0.717) is 0 Å². The molecule has 2 heterocycles. The first-order valence-corrected chi connectivity index (χ1v) is 3.69. The molecular formula is C8H8N2O2. The molecular weight excluding hydrogens is 156 g/mol. The van der Waals surface area contributed by atoms with Crippen LogP contribution in [0.1, 0.15) is 21.6 Å². The number of rotatable bonds is 1. The molecule has 2 N–H and O–H groups in total. The maximum atomic E-state index is 10.5. The monoisotopic (exact) mass is 164 g/mol. The van der Waals surface area contributed by atoms with Crippen LogP contribution in [0.25, 0.3) is 0 Å². The van der Waals surface area contributed by atoms with Crippen molar-refractivity contribution in [2.75, 3.05) is 0 Å². The summed E-state index contributed by atoms with van der Waals surface area (Å²) >= 11 is 0. The summed E-state index contributed by atoms with van der Waals surface area (Å²) in [5.74, 6) is -0.919. The topological polar surface area (TPSA) is 62.2 Å². The predicted octanol–water partition coefficient (Wildman–Crippen LogP) is 0.383. The highest BCUT2D eigenvalue weighted by atomic mass is 16.4. The highest BCUT2D eigenvalue weighted by molar-refractivity contribution is 5.87. The maximum Gasteiger partial charge on any atom is 0.337 e. The van der Waals surface area contributed by atoms with Gasteiger partial charge in [0, 0.05) is 19.3 Å². The third-order valence-electron chi connectivity index (χ3n) is 1.91. The van der Waals surface area contributed by atoms with Crippen LogP contribution in [0.15, 0.2) is 12.3 Å². The van der Waals surface area contributed by atoms with E-state index in [-0.39, 0.29) is 5.56 Å². The molecule has 1 aromatic heterocycles. The summed E-state index contributed by atoms with van der Waals surface area (Å²) in [6.07, 6.45) is 1.40. The average molecular weight is 164 g/mol. The van der Waals surface area contributed by atoms with Gasteiger partial charge in [0.25, 0.3) is 0 Å². The Morgan fingerprint density at radius 3 is 3.17 bits per heavy atom. The van der Waals surface area contributed by atoms with Gasteiger partial charge in [0.15, 0.2) is 0 Å². The molecule has 1 aliphatic heterocycles. The van der Waals surface area contributed by atoms with Gasteiger partial charge in [-0.05, 0) is 11.6 Å². The van der Waals surface area contributed by atoms with E-state index in [2.05, 4.69) is 10.3 Å². The normalized spacial score (nSPS) is 14.3. The summed E-state index contributed by atoms with van der Waals surface area (Å²) in [6.45, 7) is 1.47. The minimum atomic E-state index is -0.919. The summed E-state index contributed by atoms with van der Waals surface area (Å²) in [4.78, 5) is 14.6. The Morgan fingerprint density at radius 1 is 1.58 bits per heavy atom. The first-order chi connectivity index (χ1) is 5.77. The summed E-state index contributed by atoms with van der Waals surface area (Å²) in [6, 6.07) is 1.67. The minimum absolute atomic E-state index is 0.262. The molecule has 0 aromatic carbocycles. The van der Waals surface area contributed by atoms with Gasteiger partial charge in [-0.2, -0.15) is 0 Å². The van der Waals surface area contributed by atoms with Gasteiger partial charge in [0.1, 0.15) is 0 Å².